The molecule has 3 aromatic carbocycles. The van der Waals surface area contributed by atoms with Crippen LogP contribution in [0.4, 0.5) is 4.79 Å². The molecule has 0 spiro atoms. The lowest BCUT2D eigenvalue weighted by Crippen LogP contribution is -2.66. The average Bonchev–Trinajstić information content (AvgIpc) is 3.71. The number of carbonyl (C=O) groups is 4. The molecule has 0 radical (unpaired) electrons. The molecule has 0 saturated carbocycles. The van der Waals surface area contributed by atoms with Gasteiger partial charge in [-0.2, -0.15) is 0 Å². The smallest absolute Gasteiger partial charge is 0.411 e. The van der Waals surface area contributed by atoms with Gasteiger partial charge in [0.1, 0.15) is 11.6 Å². The molecule has 12 heteroatoms. The molecule has 2 bridgehead atoms. The van der Waals surface area contributed by atoms with Crippen LogP contribution in [-0.4, -0.2) is 118 Å². The van der Waals surface area contributed by atoms with Crippen LogP contribution < -0.4 is 0 Å². The second kappa shape index (κ2) is 15.2. The number of piperazine rings is 2. The van der Waals surface area contributed by atoms with Crippen LogP contribution in [0, 0.1) is 13.8 Å². The Labute approximate surface area is 327 Å². The molecule has 0 unspecified atom stereocenters. The van der Waals surface area contributed by atoms with Gasteiger partial charge < -0.3 is 19.4 Å². The molecule has 0 N–H and O–H groups in total. The van der Waals surface area contributed by atoms with Crippen molar-refractivity contribution in [3.63, 3.8) is 0 Å². The monoisotopic (exact) mass is 773 g/mol. The summed E-state index contributed by atoms with van der Waals surface area (Å²) < 4.78 is 5.69. The predicted octanol–water partition coefficient (Wildman–Crippen LogP) is 6.71. The summed E-state index contributed by atoms with van der Waals surface area (Å²) in [6, 6.07) is 20.3. The molecule has 0 aromatic heterocycles. The third-order valence-corrected chi connectivity index (χ3v) is 12.0. The fourth-order valence-corrected chi connectivity index (χ4v) is 9.01. The molecule has 54 heavy (non-hydrogen) atoms. The third kappa shape index (κ3) is 7.84. The number of ether oxygens (including phenoxy) is 1. The minimum atomic E-state index is -0.666. The first kappa shape index (κ1) is 38.2. The molecular weight excluding hydrogens is 725 g/mol. The Balaban J connectivity index is 1.00. The number of fused-ring (bicyclic) bond motifs is 2. The Morgan fingerprint density at radius 3 is 2.13 bits per heavy atom. The summed E-state index contributed by atoms with van der Waals surface area (Å²) in [5.41, 5.74) is 3.89. The van der Waals surface area contributed by atoms with Crippen molar-refractivity contribution in [3.05, 3.63) is 105 Å². The number of amides is 4. The summed E-state index contributed by atoms with van der Waals surface area (Å²) in [7, 11) is 0. The van der Waals surface area contributed by atoms with Gasteiger partial charge in [0.05, 0.1) is 16.1 Å². The first-order valence-corrected chi connectivity index (χ1v) is 19.6. The topological polar surface area (TPSA) is 93.7 Å². The molecular formula is C42H49Cl2N5O5. The Hall–Kier alpha value is -4.12. The summed E-state index contributed by atoms with van der Waals surface area (Å²) in [5.74, 6) is -0.188. The zero-order valence-electron chi connectivity index (χ0n) is 31.6. The molecule has 4 aliphatic heterocycles. The number of halogens is 2. The Morgan fingerprint density at radius 2 is 1.48 bits per heavy atom. The van der Waals surface area contributed by atoms with Crippen LogP contribution in [0.25, 0.3) is 0 Å². The number of carbonyl (C=O) groups excluding carboxylic acids is 4. The van der Waals surface area contributed by atoms with Gasteiger partial charge in [-0.15, -0.1) is 0 Å². The van der Waals surface area contributed by atoms with Crippen LogP contribution in [0.1, 0.15) is 78.2 Å². The van der Waals surface area contributed by atoms with Crippen molar-refractivity contribution in [2.24, 2.45) is 0 Å². The van der Waals surface area contributed by atoms with Gasteiger partial charge in [-0.3, -0.25) is 24.2 Å². The normalized spacial score (nSPS) is 24.1. The lowest BCUT2D eigenvalue weighted by molar-refractivity contribution is -0.145. The molecule has 7 rings (SSSR count). The Bertz CT molecular complexity index is 1920. The van der Waals surface area contributed by atoms with Gasteiger partial charge in [0, 0.05) is 75.8 Å². The molecule has 286 valence electrons. The van der Waals surface area contributed by atoms with E-state index in [1.165, 1.54) is 0 Å². The summed E-state index contributed by atoms with van der Waals surface area (Å²) >= 11 is 12.7. The molecule has 4 fully saturated rings. The van der Waals surface area contributed by atoms with E-state index in [0.717, 1.165) is 28.7 Å². The van der Waals surface area contributed by atoms with E-state index in [1.807, 2.05) is 104 Å². The maximum absolute atomic E-state index is 14.2. The van der Waals surface area contributed by atoms with Crippen molar-refractivity contribution >= 4 is 47.0 Å². The number of aryl methyl sites for hydroxylation is 2. The highest BCUT2D eigenvalue weighted by Crippen LogP contribution is 2.40. The van der Waals surface area contributed by atoms with Crippen molar-refractivity contribution in [1.82, 2.24) is 24.5 Å². The van der Waals surface area contributed by atoms with Gasteiger partial charge in [0.2, 0.25) is 11.8 Å². The number of nitrogens with zero attached hydrogens (tertiary/aromatic N) is 5. The predicted molar refractivity (Wildman–Crippen MR) is 209 cm³/mol. The van der Waals surface area contributed by atoms with Crippen molar-refractivity contribution in [3.8, 4) is 0 Å². The maximum atomic E-state index is 14.2. The van der Waals surface area contributed by atoms with Crippen molar-refractivity contribution in [1.29, 1.82) is 0 Å². The fourth-order valence-electron chi connectivity index (χ4n) is 8.70. The first-order chi connectivity index (χ1) is 25.7. The van der Waals surface area contributed by atoms with Crippen molar-refractivity contribution < 1.29 is 23.9 Å². The summed E-state index contributed by atoms with van der Waals surface area (Å²) in [5, 5.41) is 0.831. The lowest BCUT2D eigenvalue weighted by Gasteiger charge is -2.49. The highest BCUT2D eigenvalue weighted by Gasteiger charge is 2.54. The van der Waals surface area contributed by atoms with Crippen LogP contribution in [-0.2, 0) is 14.3 Å². The van der Waals surface area contributed by atoms with Gasteiger partial charge in [-0.25, -0.2) is 4.79 Å². The minimum absolute atomic E-state index is 0.00782. The highest BCUT2D eigenvalue weighted by molar-refractivity contribution is 6.42. The Morgan fingerprint density at radius 1 is 0.759 bits per heavy atom. The maximum Gasteiger partial charge on any atom is 0.411 e. The van der Waals surface area contributed by atoms with Crippen LogP contribution in [0.2, 0.25) is 10.0 Å². The zero-order valence-corrected chi connectivity index (χ0v) is 33.1. The fraction of sp³-hybridized carbons (Fsp3) is 0.476. The second-order valence-corrected chi connectivity index (χ2v) is 17.1. The van der Waals surface area contributed by atoms with Gasteiger partial charge in [-0.1, -0.05) is 76.8 Å². The second-order valence-electron chi connectivity index (χ2n) is 16.3. The highest BCUT2D eigenvalue weighted by atomic mass is 35.5. The molecule has 10 nitrogen and oxygen atoms in total. The molecule has 4 aliphatic rings. The Kier molecular flexibility index (Phi) is 10.7. The third-order valence-electron chi connectivity index (χ3n) is 11.3. The standard InChI is InChI=1S/C42H49Cl2N5O5/c1-26-17-27(2)19-30(18-26)39(51)46-15-16-47(36(25-46)29-11-12-34(43)35(44)20-29)37(50)13-14-45-22-32-21-31(45)23-48(32)40(52)38-33(28-9-7-6-8-10-28)24-49(38)41(53)54-42(3,4)5/h6-12,17-20,31-33,36,38H,13-16,21-25H2,1-5H3/t31-,32-,33+,36-,38-/m0/s1. The molecule has 5 atom stereocenters. The van der Waals surface area contributed by atoms with E-state index in [2.05, 4.69) is 4.90 Å². The zero-order chi connectivity index (χ0) is 38.5. The van der Waals surface area contributed by atoms with E-state index in [0.29, 0.717) is 67.8 Å². The van der Waals surface area contributed by atoms with Crippen LogP contribution in [0.5, 0.6) is 0 Å². The molecule has 4 saturated heterocycles. The van der Waals surface area contributed by atoms with Gasteiger partial charge in [0.25, 0.3) is 5.91 Å². The van der Waals surface area contributed by atoms with E-state index >= 15 is 0 Å². The molecule has 0 aliphatic carbocycles. The number of hydrogen-bond donors (Lipinski definition) is 0. The van der Waals surface area contributed by atoms with Crippen LogP contribution >= 0.6 is 23.2 Å². The molecule has 3 aromatic rings. The number of likely N-dealkylation sites (tertiary alicyclic amines) is 3. The quantitative estimate of drug-likeness (QED) is 0.265. The lowest BCUT2D eigenvalue weighted by atomic mass is 9.82. The average molecular weight is 775 g/mol. The van der Waals surface area contributed by atoms with Crippen LogP contribution in [0.15, 0.2) is 66.7 Å². The SMILES string of the molecule is Cc1cc(C)cc(C(=O)N2CCN(C(=O)CCN3C[C@@H]4C[C@H]3CN4C(=O)[C@@H]3[C@@H](c4ccccc4)CN3C(=O)OC(C)(C)C)[C@H](c3ccc(Cl)c(Cl)c3)C2)c1. The summed E-state index contributed by atoms with van der Waals surface area (Å²) in [4.78, 5) is 64.7. The van der Waals surface area contributed by atoms with E-state index < -0.39 is 17.7 Å². The number of benzene rings is 3. The first-order valence-electron chi connectivity index (χ1n) is 18.9. The number of hydrogen-bond acceptors (Lipinski definition) is 6. The molecule has 4 heterocycles. The van der Waals surface area contributed by atoms with E-state index in [4.69, 9.17) is 27.9 Å². The minimum Gasteiger partial charge on any atom is -0.444 e. The van der Waals surface area contributed by atoms with Crippen molar-refractivity contribution in [2.75, 3.05) is 45.8 Å². The van der Waals surface area contributed by atoms with Gasteiger partial charge >= 0.3 is 6.09 Å². The van der Waals surface area contributed by atoms with E-state index in [9.17, 15) is 19.2 Å². The van der Waals surface area contributed by atoms with E-state index in [-0.39, 0.29) is 41.8 Å². The molecule has 4 amide bonds. The summed E-state index contributed by atoms with van der Waals surface area (Å²) in [6.07, 6.45) is 0.679. The van der Waals surface area contributed by atoms with Gasteiger partial charge in [0.15, 0.2) is 0 Å². The van der Waals surface area contributed by atoms with Gasteiger partial charge in [-0.05, 0) is 76.4 Å². The van der Waals surface area contributed by atoms with Crippen molar-refractivity contribution in [2.45, 2.75) is 83.1 Å². The van der Waals surface area contributed by atoms with E-state index in [1.54, 1.807) is 17.0 Å². The largest absolute Gasteiger partial charge is 0.444 e. The van der Waals surface area contributed by atoms with Crippen LogP contribution in [0.3, 0.4) is 0 Å². The number of rotatable bonds is 7. The summed E-state index contributed by atoms with van der Waals surface area (Å²) in [6.45, 7) is 12.8.